The molecule has 0 saturated carbocycles. The fourth-order valence-electron chi connectivity index (χ4n) is 11.6. The predicted octanol–water partition coefficient (Wildman–Crippen LogP) is 11.1. The molecule has 2 N–H and O–H groups in total. The number of benzene rings is 4. The van der Waals surface area contributed by atoms with Gasteiger partial charge in [0, 0.05) is 86.7 Å². The minimum absolute atomic E-state index is 0.0215. The maximum absolute atomic E-state index is 14.4. The first-order valence-corrected chi connectivity index (χ1v) is 29.5. The molecule has 20 nitrogen and oxygen atoms in total. The lowest BCUT2D eigenvalue weighted by Crippen LogP contribution is -2.55. The molecule has 2 aliphatic heterocycles. The van der Waals surface area contributed by atoms with Crippen LogP contribution in [0.25, 0.3) is 33.8 Å². The fraction of sp³-hybridized carbons (Fsp3) is 0.333. The quantitative estimate of drug-likeness (QED) is 0.0606. The molecular weight excluding hydrogens is 1200 g/mol. The molecule has 0 bridgehead atoms. The van der Waals surface area contributed by atoms with E-state index in [1.807, 2.05) is 74.5 Å². The number of methoxy groups -OCH3 is 2. The van der Waals surface area contributed by atoms with E-state index in [-0.39, 0.29) is 95.4 Å². The van der Waals surface area contributed by atoms with E-state index in [0.29, 0.717) is 70.9 Å². The van der Waals surface area contributed by atoms with Gasteiger partial charge in [-0.3, -0.25) is 19.4 Å². The molecule has 8 aromatic rings. The van der Waals surface area contributed by atoms with Gasteiger partial charge in [-0.25, -0.2) is 28.6 Å². The minimum atomic E-state index is -4.75. The van der Waals surface area contributed by atoms with E-state index >= 15 is 0 Å². The summed E-state index contributed by atoms with van der Waals surface area (Å²) >= 11 is 0. The number of carbonyl (C=O) groups is 4. The van der Waals surface area contributed by atoms with Crippen LogP contribution in [0.4, 0.5) is 35.9 Å². The number of hydrogen-bond acceptors (Lipinski definition) is 14. The largest absolute Gasteiger partial charge is 0.497 e. The normalized spacial score (nSPS) is 16.2. The number of alkyl halides is 6. The number of aromatic nitrogens is 6. The molecular formula is C66H70F6N12O8. The highest BCUT2D eigenvalue weighted by atomic mass is 19.4. The molecule has 0 unspecified atom stereocenters. The zero-order valence-electron chi connectivity index (χ0n) is 51.5. The maximum atomic E-state index is 14.4. The number of piperazine rings is 2. The van der Waals surface area contributed by atoms with Crippen molar-refractivity contribution in [2.24, 2.45) is 0 Å². The van der Waals surface area contributed by atoms with E-state index in [0.717, 1.165) is 23.5 Å². The second-order valence-electron chi connectivity index (χ2n) is 22.0. The molecule has 4 amide bonds. The van der Waals surface area contributed by atoms with Crippen molar-refractivity contribution in [2.75, 3.05) is 79.8 Å². The number of hydrogen-bond donors (Lipinski definition) is 2. The van der Waals surface area contributed by atoms with Gasteiger partial charge >= 0.3 is 24.5 Å². The van der Waals surface area contributed by atoms with Gasteiger partial charge in [0.15, 0.2) is 22.7 Å². The van der Waals surface area contributed by atoms with Crippen molar-refractivity contribution in [1.82, 2.24) is 59.4 Å². The third-order valence-electron chi connectivity index (χ3n) is 16.1. The third kappa shape index (κ3) is 14.8. The molecule has 26 heteroatoms. The summed E-state index contributed by atoms with van der Waals surface area (Å²) in [5.41, 5.74) is 0.446. The molecule has 92 heavy (non-hydrogen) atoms. The van der Waals surface area contributed by atoms with Gasteiger partial charge in [-0.05, 0) is 87.4 Å². The van der Waals surface area contributed by atoms with Crippen molar-refractivity contribution in [3.63, 3.8) is 0 Å². The summed E-state index contributed by atoms with van der Waals surface area (Å²) in [6, 6.07) is 31.3. The lowest BCUT2D eigenvalue weighted by Gasteiger charge is -2.43. The van der Waals surface area contributed by atoms with Crippen LogP contribution in [0, 0.1) is 13.8 Å². The first-order valence-electron chi connectivity index (χ1n) is 29.5. The second kappa shape index (κ2) is 29.0. The highest BCUT2D eigenvalue weighted by molar-refractivity contribution is 6.01. The van der Waals surface area contributed by atoms with E-state index in [1.165, 1.54) is 40.2 Å². The fourth-order valence-corrected chi connectivity index (χ4v) is 11.6. The average Bonchev–Trinajstić information content (AvgIpc) is 1.51. The summed E-state index contributed by atoms with van der Waals surface area (Å²) in [7, 11) is 3.00. The molecule has 0 spiro atoms. The third-order valence-corrected chi connectivity index (χ3v) is 16.1. The molecule has 10 rings (SSSR count). The van der Waals surface area contributed by atoms with E-state index in [9.17, 15) is 45.5 Å². The van der Waals surface area contributed by atoms with Crippen molar-refractivity contribution >= 4 is 35.3 Å². The van der Waals surface area contributed by atoms with Crippen molar-refractivity contribution in [2.45, 2.75) is 64.2 Å². The Labute approximate surface area is 527 Å². The van der Waals surface area contributed by atoms with Gasteiger partial charge in [0.05, 0.1) is 50.1 Å². The van der Waals surface area contributed by atoms with E-state index in [4.69, 9.17) is 18.9 Å². The van der Waals surface area contributed by atoms with Gasteiger partial charge in [0.1, 0.15) is 35.8 Å². The van der Waals surface area contributed by atoms with Gasteiger partial charge in [-0.1, -0.05) is 86.0 Å². The Kier molecular flexibility index (Phi) is 21.0. The summed E-state index contributed by atoms with van der Waals surface area (Å²) in [6.07, 6.45) is -5.36. The standard InChI is InChI=1S/2C33H35F3N6O4/c2*1-5-17-46-32(44)37-19-27(23-9-7-6-8-10-23)40-15-16-41(21(2)20-40)31(43)26-18-38-42-29(33(34,35)36)22(3)28(39-30(26)42)24-11-13-25(45-4)14-12-24/h2*5-14,18,21,27H,1,15-17,19-20H2,2-4H3,(H,37,44)/t21-,27+;21-,27-/m11/s1. The molecule has 0 aliphatic carbocycles. The lowest BCUT2D eigenvalue weighted by atomic mass is 10.0. The molecule has 2 aliphatic rings. The van der Waals surface area contributed by atoms with Crippen LogP contribution in [-0.4, -0.2) is 165 Å². The van der Waals surface area contributed by atoms with Crippen LogP contribution >= 0.6 is 0 Å². The molecule has 6 heterocycles. The van der Waals surface area contributed by atoms with Crippen molar-refractivity contribution in [1.29, 1.82) is 0 Å². The topological polar surface area (TPSA) is 203 Å². The molecule has 484 valence electrons. The molecule has 4 atom stereocenters. The van der Waals surface area contributed by atoms with E-state index in [2.05, 4.69) is 53.8 Å². The number of rotatable bonds is 18. The second-order valence-corrected chi connectivity index (χ2v) is 22.0. The Hall–Kier alpha value is -9.82. The SMILES string of the molecule is C=CCOC(=O)NC[C@@H](c1ccccc1)N1CCN(C(=O)c2cnn3c(C(F)(F)F)c(C)c(-c4ccc(OC)cc4)nc23)[C@H](C)C1.C=CCOC(=O)NC[C@H](c1ccccc1)N1CCN(C(=O)c2cnn3c(C(F)(F)F)c(C)c(-c4ccc(OC)cc4)nc23)[C@H](C)C1. The van der Waals surface area contributed by atoms with Crippen molar-refractivity contribution in [3.05, 3.63) is 192 Å². The number of amides is 4. The maximum Gasteiger partial charge on any atom is 0.433 e. The summed E-state index contributed by atoms with van der Waals surface area (Å²) in [5.74, 6) is 0.166. The van der Waals surface area contributed by atoms with Gasteiger partial charge in [0.2, 0.25) is 0 Å². The van der Waals surface area contributed by atoms with Crippen LogP contribution in [0.2, 0.25) is 0 Å². The first kappa shape index (κ1) is 66.6. The van der Waals surface area contributed by atoms with Crippen LogP contribution in [-0.2, 0) is 21.8 Å². The Balaban J connectivity index is 0.000000217. The number of halogens is 6. The molecule has 2 saturated heterocycles. The highest BCUT2D eigenvalue weighted by Crippen LogP contribution is 2.40. The Morgan fingerprint density at radius 3 is 1.24 bits per heavy atom. The molecule has 0 radical (unpaired) electrons. The highest BCUT2D eigenvalue weighted by Gasteiger charge is 2.42. The zero-order chi connectivity index (χ0) is 66.0. The van der Waals surface area contributed by atoms with Gasteiger partial charge in [0.25, 0.3) is 11.8 Å². The Bertz CT molecular complexity index is 3670. The summed E-state index contributed by atoms with van der Waals surface area (Å²) in [4.78, 5) is 69.0. The predicted molar refractivity (Wildman–Crippen MR) is 331 cm³/mol. The lowest BCUT2D eigenvalue weighted by molar-refractivity contribution is -0.144. The van der Waals surface area contributed by atoms with Crippen molar-refractivity contribution < 1.29 is 64.5 Å². The average molecular weight is 1270 g/mol. The van der Waals surface area contributed by atoms with Gasteiger partial charge < -0.3 is 39.4 Å². The van der Waals surface area contributed by atoms with Gasteiger partial charge in [-0.2, -0.15) is 36.5 Å². The number of fused-ring (bicyclic) bond motifs is 2. The number of ether oxygens (including phenoxy) is 4. The number of alkyl carbamates (subject to hydrolysis) is 2. The van der Waals surface area contributed by atoms with Crippen LogP contribution in [0.3, 0.4) is 0 Å². The van der Waals surface area contributed by atoms with E-state index < -0.39 is 47.7 Å². The molecule has 4 aromatic heterocycles. The smallest absolute Gasteiger partial charge is 0.433 e. The van der Waals surface area contributed by atoms with Crippen LogP contribution < -0.4 is 20.1 Å². The van der Waals surface area contributed by atoms with Crippen molar-refractivity contribution in [3.8, 4) is 34.0 Å². The monoisotopic (exact) mass is 1270 g/mol. The Morgan fingerprint density at radius 1 is 0.565 bits per heavy atom. The number of carbonyl (C=O) groups excluding carboxylic acids is 4. The molecule has 4 aromatic carbocycles. The van der Waals surface area contributed by atoms with E-state index in [1.54, 1.807) is 58.3 Å². The minimum Gasteiger partial charge on any atom is -0.497 e. The van der Waals surface area contributed by atoms with Gasteiger partial charge in [-0.15, -0.1) is 0 Å². The van der Waals surface area contributed by atoms with Crippen LogP contribution in [0.15, 0.2) is 147 Å². The number of nitrogens with zero attached hydrogens (tertiary/aromatic N) is 10. The molecule has 2 fully saturated rings. The first-order chi connectivity index (χ1) is 44.1. The Morgan fingerprint density at radius 2 is 0.924 bits per heavy atom. The summed E-state index contributed by atoms with van der Waals surface area (Å²) in [5, 5.41) is 13.6. The summed E-state index contributed by atoms with van der Waals surface area (Å²) in [6.45, 7) is 16.7. The summed E-state index contributed by atoms with van der Waals surface area (Å²) < 4.78 is 108. The van der Waals surface area contributed by atoms with Crippen LogP contribution in [0.5, 0.6) is 11.5 Å². The zero-order valence-corrected chi connectivity index (χ0v) is 51.5. The number of nitrogens with one attached hydrogen (secondary N) is 2. The van der Waals surface area contributed by atoms with Crippen LogP contribution in [0.1, 0.15) is 80.3 Å².